The average Bonchev–Trinajstić information content (AvgIpc) is 2.95. The van der Waals surface area contributed by atoms with Crippen LogP contribution in [0, 0.1) is 0 Å². The number of aromatic amines is 1. The molecule has 3 N–H and O–H groups in total. The Labute approximate surface area is 183 Å². The summed E-state index contributed by atoms with van der Waals surface area (Å²) in [6.07, 6.45) is 0.392. The maximum Gasteiger partial charge on any atom is 0.511 e. The normalized spacial score (nSPS) is 16.4. The Kier molecular flexibility index (Phi) is 5.15. The fourth-order valence-corrected chi connectivity index (χ4v) is 4.78. The van der Waals surface area contributed by atoms with Gasteiger partial charge in [0, 0.05) is 54.4 Å². The van der Waals surface area contributed by atoms with Crippen LogP contribution in [0.5, 0.6) is 11.5 Å². The minimum atomic E-state index is -1.64. The first-order chi connectivity index (χ1) is 15.4. The summed E-state index contributed by atoms with van der Waals surface area (Å²) < 4.78 is 12.2. The van der Waals surface area contributed by atoms with Crippen molar-refractivity contribution in [3.05, 3.63) is 45.4 Å². The Morgan fingerprint density at radius 2 is 2.00 bits per heavy atom. The zero-order valence-corrected chi connectivity index (χ0v) is 17.8. The molecule has 0 atom stereocenters. The van der Waals surface area contributed by atoms with Crippen LogP contribution in [0.3, 0.4) is 0 Å². The summed E-state index contributed by atoms with van der Waals surface area (Å²) in [5.41, 5.74) is 4.51. The Bertz CT molecular complexity index is 1270. The molecule has 3 aromatic rings. The smallest absolute Gasteiger partial charge is 0.504 e. The predicted molar refractivity (Wildman–Crippen MR) is 117 cm³/mol. The summed E-state index contributed by atoms with van der Waals surface area (Å²) in [6, 6.07) is 6.36. The first-order valence-electron chi connectivity index (χ1n) is 10.7. The fourth-order valence-electron chi connectivity index (χ4n) is 4.78. The first-order valence-corrected chi connectivity index (χ1v) is 10.7. The van der Waals surface area contributed by atoms with Gasteiger partial charge < -0.3 is 29.2 Å². The number of nitrogens with one attached hydrogen (secondary N) is 1. The van der Waals surface area contributed by atoms with Crippen molar-refractivity contribution >= 4 is 17.1 Å². The van der Waals surface area contributed by atoms with Crippen molar-refractivity contribution in [1.82, 2.24) is 14.5 Å². The topological polar surface area (TPSA) is 117 Å². The number of pyridine rings is 1. The van der Waals surface area contributed by atoms with Gasteiger partial charge in [-0.1, -0.05) is 0 Å². The van der Waals surface area contributed by atoms with Crippen molar-refractivity contribution in [1.29, 1.82) is 0 Å². The van der Waals surface area contributed by atoms with Crippen molar-refractivity contribution in [3.63, 3.8) is 0 Å². The number of morpholine rings is 1. The second-order valence-electron chi connectivity index (χ2n) is 8.36. The third kappa shape index (κ3) is 3.53. The van der Waals surface area contributed by atoms with Crippen LogP contribution < -0.4 is 10.3 Å². The lowest BCUT2D eigenvalue weighted by molar-refractivity contribution is 0.0333. The number of rotatable bonds is 3. The van der Waals surface area contributed by atoms with E-state index in [2.05, 4.69) is 38.4 Å². The van der Waals surface area contributed by atoms with Crippen LogP contribution in [0.4, 0.5) is 4.79 Å². The number of aromatic hydroxyl groups is 1. The van der Waals surface area contributed by atoms with E-state index in [1.165, 1.54) is 5.69 Å². The molecule has 2 aliphatic rings. The lowest BCUT2D eigenvalue weighted by Gasteiger charge is -2.26. The average molecular weight is 439 g/mol. The van der Waals surface area contributed by atoms with E-state index in [1.807, 2.05) is 6.07 Å². The van der Waals surface area contributed by atoms with Gasteiger partial charge in [0.15, 0.2) is 5.75 Å². The van der Waals surface area contributed by atoms with Crippen molar-refractivity contribution in [2.75, 3.05) is 26.3 Å². The third-order valence-electron chi connectivity index (χ3n) is 6.44. The molecule has 9 heteroatoms. The number of fused-ring (bicyclic) bond motifs is 4. The van der Waals surface area contributed by atoms with Crippen molar-refractivity contribution < 1.29 is 24.5 Å². The Morgan fingerprint density at radius 1 is 1.22 bits per heavy atom. The number of hydrogen-bond donors (Lipinski definition) is 3. The van der Waals surface area contributed by atoms with Gasteiger partial charge in [0.2, 0.25) is 5.75 Å². The molecule has 1 fully saturated rings. The molecule has 168 valence electrons. The number of hydrogen-bond acceptors (Lipinski definition) is 6. The molecular formula is C23H25N3O6. The Hall–Kier alpha value is -3.30. The largest absolute Gasteiger partial charge is 0.511 e. The molecular weight excluding hydrogens is 414 g/mol. The number of nitrogens with zero attached hydrogens (tertiary/aromatic N) is 2. The maximum absolute atomic E-state index is 12.5. The highest BCUT2D eigenvalue weighted by molar-refractivity contribution is 5.89. The van der Waals surface area contributed by atoms with Crippen LogP contribution in [0.1, 0.15) is 23.2 Å². The van der Waals surface area contributed by atoms with E-state index < -0.39 is 23.2 Å². The van der Waals surface area contributed by atoms with E-state index in [0.29, 0.717) is 17.7 Å². The summed E-state index contributed by atoms with van der Waals surface area (Å²) in [6.45, 7) is 4.15. The van der Waals surface area contributed by atoms with Crippen LogP contribution in [0.25, 0.3) is 22.2 Å². The second-order valence-corrected chi connectivity index (χ2v) is 8.36. The van der Waals surface area contributed by atoms with Gasteiger partial charge in [-0.3, -0.25) is 9.69 Å². The Balaban J connectivity index is 1.61. The molecule has 0 unspecified atom stereocenters. The number of H-pyrrole nitrogens is 1. The molecule has 1 aromatic carbocycles. The minimum absolute atomic E-state index is 0.403. The van der Waals surface area contributed by atoms with Gasteiger partial charge in [-0.15, -0.1) is 0 Å². The number of carboxylic acid groups (broad SMARTS) is 1. The summed E-state index contributed by atoms with van der Waals surface area (Å²) in [4.78, 5) is 28.6. The third-order valence-corrected chi connectivity index (χ3v) is 6.44. The predicted octanol–water partition coefficient (Wildman–Crippen LogP) is 2.62. The number of aryl methyl sites for hydroxylation is 2. The molecule has 3 heterocycles. The fraction of sp³-hybridized carbons (Fsp3) is 0.391. The zero-order chi connectivity index (χ0) is 22.4. The monoisotopic (exact) mass is 439 g/mol. The number of carbonyl (C=O) groups is 1. The molecule has 1 saturated heterocycles. The highest BCUT2D eigenvalue weighted by Crippen LogP contribution is 2.40. The second kappa shape index (κ2) is 7.99. The number of ether oxygens (including phenoxy) is 2. The molecule has 0 saturated carbocycles. The van der Waals surface area contributed by atoms with Gasteiger partial charge >= 0.3 is 6.16 Å². The van der Waals surface area contributed by atoms with E-state index in [-0.39, 0.29) is 0 Å². The molecule has 5 rings (SSSR count). The van der Waals surface area contributed by atoms with E-state index in [9.17, 15) is 14.7 Å². The SMILES string of the molecule is Cn1c(CN2CCOCC2)cc2cc3c(cc21)CCCc1c-3[nH]c(=O)c(OC(=O)O)c1O. The molecule has 32 heavy (non-hydrogen) atoms. The lowest BCUT2D eigenvalue weighted by atomic mass is 9.99. The summed E-state index contributed by atoms with van der Waals surface area (Å²) >= 11 is 0. The standard InChI is InChI=1S/C23H25N3O6/c1-25-15(12-26-5-7-31-8-6-26)9-14-10-17-13(11-18(14)25)3-2-4-16-19(17)24-22(28)21(20(16)27)32-23(29)30/h9-11H,2-8,12H2,1H3,(H,29,30)(H2,24,27,28). The van der Waals surface area contributed by atoms with E-state index in [1.54, 1.807) is 0 Å². The van der Waals surface area contributed by atoms with Crippen molar-refractivity contribution in [2.24, 2.45) is 7.05 Å². The van der Waals surface area contributed by atoms with Gasteiger partial charge in [0.1, 0.15) is 0 Å². The Morgan fingerprint density at radius 3 is 2.75 bits per heavy atom. The van der Waals surface area contributed by atoms with E-state index in [0.717, 1.165) is 67.7 Å². The molecule has 1 aliphatic heterocycles. The highest BCUT2D eigenvalue weighted by atomic mass is 16.7. The van der Waals surface area contributed by atoms with Crippen LogP contribution in [0.2, 0.25) is 0 Å². The van der Waals surface area contributed by atoms with E-state index >= 15 is 0 Å². The van der Waals surface area contributed by atoms with Crippen LogP contribution >= 0.6 is 0 Å². The molecule has 0 bridgehead atoms. The van der Waals surface area contributed by atoms with Gasteiger partial charge in [-0.05, 0) is 43.0 Å². The quantitative estimate of drug-likeness (QED) is 0.537. The van der Waals surface area contributed by atoms with Gasteiger partial charge in [-0.25, -0.2) is 4.79 Å². The molecule has 0 radical (unpaired) electrons. The zero-order valence-electron chi connectivity index (χ0n) is 17.8. The van der Waals surface area contributed by atoms with E-state index in [4.69, 9.17) is 9.84 Å². The summed E-state index contributed by atoms with van der Waals surface area (Å²) in [7, 11) is 2.07. The van der Waals surface area contributed by atoms with Crippen LogP contribution in [0.15, 0.2) is 23.0 Å². The minimum Gasteiger partial charge on any atom is -0.504 e. The first kappa shape index (κ1) is 20.6. The van der Waals surface area contributed by atoms with Crippen LogP contribution in [-0.2, 0) is 31.2 Å². The molecule has 9 nitrogen and oxygen atoms in total. The van der Waals surface area contributed by atoms with Crippen molar-refractivity contribution in [3.8, 4) is 22.8 Å². The van der Waals surface area contributed by atoms with Crippen molar-refractivity contribution in [2.45, 2.75) is 25.8 Å². The van der Waals surface area contributed by atoms with Gasteiger partial charge in [0.05, 0.1) is 18.9 Å². The molecule has 2 aromatic heterocycles. The highest BCUT2D eigenvalue weighted by Gasteiger charge is 2.25. The lowest BCUT2D eigenvalue weighted by Crippen LogP contribution is -2.36. The molecule has 1 aliphatic carbocycles. The summed E-state index contributed by atoms with van der Waals surface area (Å²) in [5.74, 6) is -0.978. The van der Waals surface area contributed by atoms with Crippen LogP contribution in [-0.4, -0.2) is 57.1 Å². The maximum atomic E-state index is 12.5. The summed E-state index contributed by atoms with van der Waals surface area (Å²) in [5, 5.41) is 20.6. The molecule has 0 amide bonds. The molecule has 0 spiro atoms. The van der Waals surface area contributed by atoms with Gasteiger partial charge in [0.25, 0.3) is 5.56 Å². The number of benzene rings is 1. The number of aromatic nitrogens is 2. The van der Waals surface area contributed by atoms with Gasteiger partial charge in [-0.2, -0.15) is 0 Å².